The summed E-state index contributed by atoms with van der Waals surface area (Å²) in [6, 6.07) is 16.9. The molecule has 4 nitrogen and oxygen atoms in total. The highest BCUT2D eigenvalue weighted by Crippen LogP contribution is 2.27. The third-order valence-electron chi connectivity index (χ3n) is 3.99. The van der Waals surface area contributed by atoms with E-state index < -0.39 is 10.1 Å². The molecule has 0 saturated carbocycles. The molecule has 0 aliphatic carbocycles. The van der Waals surface area contributed by atoms with Gasteiger partial charge in [-0.05, 0) is 61.9 Å². The zero-order chi connectivity index (χ0) is 20.3. The summed E-state index contributed by atoms with van der Waals surface area (Å²) in [5.74, 6) is 0.187. The molecule has 7 heteroatoms. The van der Waals surface area contributed by atoms with Gasteiger partial charge in [0, 0.05) is 21.3 Å². The van der Waals surface area contributed by atoms with Crippen LogP contribution in [0.2, 0.25) is 5.02 Å². The number of nitrogens with zero attached hydrogens (tertiary/aromatic N) is 1. The van der Waals surface area contributed by atoms with Gasteiger partial charge in [0.25, 0.3) is 0 Å². The van der Waals surface area contributed by atoms with Crippen molar-refractivity contribution in [2.45, 2.75) is 18.7 Å². The predicted molar refractivity (Wildman–Crippen MR) is 117 cm³/mol. The highest BCUT2D eigenvalue weighted by atomic mass is 79.9. The summed E-state index contributed by atoms with van der Waals surface area (Å²) in [4.78, 5) is 4.54. The Bertz CT molecular complexity index is 1140. The number of aliphatic imine (C=N–C) groups is 1. The van der Waals surface area contributed by atoms with E-state index in [-0.39, 0.29) is 10.6 Å². The fourth-order valence-corrected chi connectivity index (χ4v) is 3.93. The first-order valence-corrected chi connectivity index (χ1v) is 10.9. The second-order valence-corrected chi connectivity index (χ2v) is 9.12. The topological polar surface area (TPSA) is 55.7 Å². The maximum atomic E-state index is 12.6. The van der Waals surface area contributed by atoms with Crippen molar-refractivity contribution >= 4 is 49.6 Å². The van der Waals surface area contributed by atoms with Crippen LogP contribution in [0.3, 0.4) is 0 Å². The van der Waals surface area contributed by atoms with Gasteiger partial charge in [-0.3, -0.25) is 4.99 Å². The summed E-state index contributed by atoms with van der Waals surface area (Å²) in [5.41, 5.74) is 3.13. The van der Waals surface area contributed by atoms with E-state index in [1.54, 1.807) is 48.7 Å². The maximum Gasteiger partial charge on any atom is 0.339 e. The summed E-state index contributed by atoms with van der Waals surface area (Å²) in [6.07, 6.45) is 1.56. The van der Waals surface area contributed by atoms with Gasteiger partial charge < -0.3 is 4.18 Å². The molecule has 0 atom stereocenters. The van der Waals surface area contributed by atoms with Crippen molar-refractivity contribution in [1.82, 2.24) is 0 Å². The van der Waals surface area contributed by atoms with Crippen LogP contribution >= 0.6 is 27.5 Å². The molecule has 0 fully saturated rings. The van der Waals surface area contributed by atoms with E-state index >= 15 is 0 Å². The van der Waals surface area contributed by atoms with Crippen LogP contribution in [-0.2, 0) is 10.1 Å². The molecule has 0 aliphatic heterocycles. The van der Waals surface area contributed by atoms with E-state index in [4.69, 9.17) is 15.8 Å². The van der Waals surface area contributed by atoms with Crippen LogP contribution in [0.5, 0.6) is 5.75 Å². The molecule has 144 valence electrons. The van der Waals surface area contributed by atoms with Gasteiger partial charge in [-0.1, -0.05) is 51.3 Å². The Hall–Kier alpha value is -2.15. The first kappa shape index (κ1) is 20.6. The first-order chi connectivity index (χ1) is 13.2. The molecule has 3 aromatic carbocycles. The molecule has 0 bridgehead atoms. The van der Waals surface area contributed by atoms with Crippen LogP contribution in [0.25, 0.3) is 0 Å². The van der Waals surface area contributed by atoms with Gasteiger partial charge in [0.05, 0.1) is 5.69 Å². The van der Waals surface area contributed by atoms with E-state index in [1.165, 1.54) is 12.1 Å². The molecule has 3 aromatic rings. The fraction of sp³-hybridized carbons (Fsp3) is 0.0952. The van der Waals surface area contributed by atoms with Crippen molar-refractivity contribution in [2.75, 3.05) is 0 Å². The van der Waals surface area contributed by atoms with Crippen molar-refractivity contribution in [2.24, 2.45) is 4.99 Å². The highest BCUT2D eigenvalue weighted by molar-refractivity contribution is 9.10. The number of aryl methyl sites for hydroxylation is 2. The Kier molecular flexibility index (Phi) is 6.23. The minimum atomic E-state index is -3.96. The van der Waals surface area contributed by atoms with Crippen LogP contribution in [0.4, 0.5) is 5.69 Å². The zero-order valence-corrected chi connectivity index (χ0v) is 18.3. The molecule has 0 spiro atoms. The molecular formula is C21H17BrClNO3S. The van der Waals surface area contributed by atoms with Gasteiger partial charge in [-0.25, -0.2) is 0 Å². The largest absolute Gasteiger partial charge is 0.378 e. The predicted octanol–water partition coefficient (Wildman–Crippen LogP) is 6.24. The Morgan fingerprint density at radius 1 is 1.00 bits per heavy atom. The molecule has 0 unspecified atom stereocenters. The average Bonchev–Trinajstić information content (AvgIpc) is 2.64. The lowest BCUT2D eigenvalue weighted by atomic mass is 10.2. The van der Waals surface area contributed by atoms with Gasteiger partial charge in [0.2, 0.25) is 0 Å². The van der Waals surface area contributed by atoms with E-state index in [2.05, 4.69) is 20.9 Å². The van der Waals surface area contributed by atoms with Crippen molar-refractivity contribution in [1.29, 1.82) is 0 Å². The highest BCUT2D eigenvalue weighted by Gasteiger charge is 2.18. The monoisotopic (exact) mass is 477 g/mol. The van der Waals surface area contributed by atoms with Crippen LogP contribution in [0.15, 0.2) is 75.0 Å². The van der Waals surface area contributed by atoms with Gasteiger partial charge in [0.15, 0.2) is 5.75 Å². The quantitative estimate of drug-likeness (QED) is 0.322. The third-order valence-corrected chi connectivity index (χ3v) is 5.97. The minimum absolute atomic E-state index is 0.0922. The van der Waals surface area contributed by atoms with Crippen molar-refractivity contribution in [3.05, 3.63) is 86.8 Å². The van der Waals surface area contributed by atoms with Crippen molar-refractivity contribution in [3.63, 3.8) is 0 Å². The summed E-state index contributed by atoms with van der Waals surface area (Å²) in [7, 11) is -3.96. The van der Waals surface area contributed by atoms with Crippen LogP contribution in [0, 0.1) is 13.8 Å². The van der Waals surface area contributed by atoms with Crippen molar-refractivity contribution < 1.29 is 12.6 Å². The molecule has 0 saturated heterocycles. The Morgan fingerprint density at radius 2 is 1.71 bits per heavy atom. The molecule has 0 amide bonds. The van der Waals surface area contributed by atoms with Crippen LogP contribution < -0.4 is 4.18 Å². The summed E-state index contributed by atoms with van der Waals surface area (Å²) in [5, 5.41) is 0.574. The van der Waals surface area contributed by atoms with Crippen LogP contribution in [0.1, 0.15) is 16.7 Å². The lowest BCUT2D eigenvalue weighted by molar-refractivity contribution is 0.485. The van der Waals surface area contributed by atoms with Gasteiger partial charge in [0.1, 0.15) is 4.90 Å². The number of benzene rings is 3. The zero-order valence-electron chi connectivity index (χ0n) is 15.2. The second-order valence-electron chi connectivity index (χ2n) is 6.22. The molecule has 0 aromatic heterocycles. The molecule has 0 heterocycles. The Balaban J connectivity index is 1.96. The maximum absolute atomic E-state index is 12.6. The summed E-state index contributed by atoms with van der Waals surface area (Å²) >= 11 is 9.43. The molecule has 0 aliphatic rings. The normalized spacial score (nSPS) is 11.7. The van der Waals surface area contributed by atoms with E-state index in [0.29, 0.717) is 16.3 Å². The molecule has 0 radical (unpaired) electrons. The number of rotatable bonds is 5. The average molecular weight is 479 g/mol. The third kappa shape index (κ3) is 5.01. The first-order valence-electron chi connectivity index (χ1n) is 8.35. The van der Waals surface area contributed by atoms with Gasteiger partial charge in [-0.2, -0.15) is 8.42 Å². The Morgan fingerprint density at radius 3 is 2.43 bits per heavy atom. The second kappa shape index (κ2) is 8.47. The minimum Gasteiger partial charge on any atom is -0.378 e. The lowest BCUT2D eigenvalue weighted by Crippen LogP contribution is -2.11. The number of hydrogen-bond donors (Lipinski definition) is 0. The van der Waals surface area contributed by atoms with Gasteiger partial charge in [-0.15, -0.1) is 0 Å². The van der Waals surface area contributed by atoms with E-state index in [9.17, 15) is 8.42 Å². The van der Waals surface area contributed by atoms with Crippen molar-refractivity contribution in [3.8, 4) is 5.75 Å². The smallest absolute Gasteiger partial charge is 0.339 e. The van der Waals surface area contributed by atoms with E-state index in [0.717, 1.165) is 15.6 Å². The number of halogens is 2. The molecule has 28 heavy (non-hydrogen) atoms. The molecule has 0 N–H and O–H groups in total. The fourth-order valence-electron chi connectivity index (χ4n) is 2.43. The molecular weight excluding hydrogens is 462 g/mol. The SMILES string of the molecule is Cc1ccc(S(=O)(=O)Oc2ccc(Br)cc2C=Nc2cc(Cl)ccc2C)cc1. The number of hydrogen-bond acceptors (Lipinski definition) is 4. The van der Waals surface area contributed by atoms with Crippen LogP contribution in [-0.4, -0.2) is 14.6 Å². The Labute approximate surface area is 178 Å². The summed E-state index contributed by atoms with van der Waals surface area (Å²) < 4.78 is 31.4. The summed E-state index contributed by atoms with van der Waals surface area (Å²) in [6.45, 7) is 3.81. The van der Waals surface area contributed by atoms with Gasteiger partial charge >= 0.3 is 10.1 Å². The lowest BCUT2D eigenvalue weighted by Gasteiger charge is -2.10. The van der Waals surface area contributed by atoms with E-state index in [1.807, 2.05) is 19.9 Å². The standard InChI is InChI=1S/C21H17BrClNO3S/c1-14-3-8-19(9-4-14)28(25,26)27-21-10-6-17(22)11-16(21)13-24-20-12-18(23)7-5-15(20)2/h3-13H,1-2H3. The molecule has 3 rings (SSSR count).